The van der Waals surface area contributed by atoms with E-state index in [1.54, 1.807) is 0 Å². The minimum atomic E-state index is 0.737. The molecule has 16 heavy (non-hydrogen) atoms. The minimum absolute atomic E-state index is 0.737. The van der Waals surface area contributed by atoms with Crippen molar-refractivity contribution < 1.29 is 4.52 Å². The van der Waals surface area contributed by atoms with Gasteiger partial charge in [-0.1, -0.05) is 11.6 Å². The van der Waals surface area contributed by atoms with E-state index in [0.717, 1.165) is 36.6 Å². The van der Waals surface area contributed by atoms with Crippen molar-refractivity contribution in [3.63, 3.8) is 0 Å². The van der Waals surface area contributed by atoms with Gasteiger partial charge in [-0.2, -0.15) is 4.98 Å². The molecule has 3 atom stereocenters. The van der Waals surface area contributed by atoms with Gasteiger partial charge in [-0.15, -0.1) is 0 Å². The largest absolute Gasteiger partial charge is 0.340 e. The SMILES string of the molecule is c1noc(CCNCC2CC3CCC2C3)n1. The Labute approximate surface area is 95.8 Å². The number of rotatable bonds is 5. The molecule has 2 aliphatic rings. The fourth-order valence-corrected chi connectivity index (χ4v) is 3.42. The second kappa shape index (κ2) is 4.53. The van der Waals surface area contributed by atoms with Crippen molar-refractivity contribution in [3.8, 4) is 0 Å². The first-order chi connectivity index (χ1) is 7.92. The van der Waals surface area contributed by atoms with Crippen molar-refractivity contribution in [1.82, 2.24) is 15.5 Å². The van der Waals surface area contributed by atoms with Gasteiger partial charge in [0.1, 0.15) is 0 Å². The Morgan fingerprint density at radius 1 is 1.38 bits per heavy atom. The molecule has 1 aromatic heterocycles. The molecule has 4 nitrogen and oxygen atoms in total. The lowest BCUT2D eigenvalue weighted by atomic mass is 9.89. The maximum Gasteiger partial charge on any atom is 0.227 e. The molecule has 0 radical (unpaired) electrons. The lowest BCUT2D eigenvalue weighted by Crippen LogP contribution is -2.28. The van der Waals surface area contributed by atoms with E-state index in [1.165, 1.54) is 38.6 Å². The predicted octanol–water partition coefficient (Wildman–Crippen LogP) is 1.64. The summed E-state index contributed by atoms with van der Waals surface area (Å²) in [4.78, 5) is 4.01. The molecular weight excluding hydrogens is 202 g/mol. The van der Waals surface area contributed by atoms with E-state index >= 15 is 0 Å². The van der Waals surface area contributed by atoms with Crippen molar-refractivity contribution in [1.29, 1.82) is 0 Å². The van der Waals surface area contributed by atoms with E-state index in [4.69, 9.17) is 4.52 Å². The van der Waals surface area contributed by atoms with Crippen molar-refractivity contribution >= 4 is 0 Å². The van der Waals surface area contributed by atoms with Gasteiger partial charge in [0.2, 0.25) is 5.89 Å². The monoisotopic (exact) mass is 221 g/mol. The summed E-state index contributed by atoms with van der Waals surface area (Å²) in [6.45, 7) is 2.13. The molecule has 2 aliphatic carbocycles. The Balaban J connectivity index is 1.35. The third-order valence-electron chi connectivity index (χ3n) is 4.21. The highest BCUT2D eigenvalue weighted by molar-refractivity contribution is 4.90. The lowest BCUT2D eigenvalue weighted by molar-refractivity contribution is 0.316. The van der Waals surface area contributed by atoms with Gasteiger partial charge in [0.15, 0.2) is 6.33 Å². The van der Waals surface area contributed by atoms with Crippen LogP contribution in [0.25, 0.3) is 0 Å². The molecule has 2 bridgehead atoms. The summed E-state index contributed by atoms with van der Waals surface area (Å²) >= 11 is 0. The summed E-state index contributed by atoms with van der Waals surface area (Å²) in [5.74, 6) is 3.73. The van der Waals surface area contributed by atoms with Crippen LogP contribution in [0, 0.1) is 17.8 Å². The molecule has 1 aromatic rings. The predicted molar refractivity (Wildman–Crippen MR) is 59.8 cm³/mol. The first kappa shape index (κ1) is 10.3. The summed E-state index contributed by atoms with van der Waals surface area (Å²) in [6.07, 6.45) is 8.23. The summed E-state index contributed by atoms with van der Waals surface area (Å²) in [5.41, 5.74) is 0. The van der Waals surface area contributed by atoms with E-state index in [0.29, 0.717) is 0 Å². The molecule has 2 fully saturated rings. The van der Waals surface area contributed by atoms with Crippen LogP contribution in [-0.2, 0) is 6.42 Å². The van der Waals surface area contributed by atoms with Crippen LogP contribution >= 0.6 is 0 Å². The smallest absolute Gasteiger partial charge is 0.227 e. The van der Waals surface area contributed by atoms with Crippen molar-refractivity contribution in [2.45, 2.75) is 32.1 Å². The Hall–Kier alpha value is -0.900. The molecular formula is C12H19N3O. The number of hydrogen-bond acceptors (Lipinski definition) is 4. The summed E-state index contributed by atoms with van der Waals surface area (Å²) in [7, 11) is 0. The van der Waals surface area contributed by atoms with Crippen LogP contribution in [0.2, 0.25) is 0 Å². The average Bonchev–Trinajstić information content (AvgIpc) is 3.01. The molecule has 2 saturated carbocycles. The summed E-state index contributed by atoms with van der Waals surface area (Å²) in [6, 6.07) is 0. The van der Waals surface area contributed by atoms with Crippen molar-refractivity contribution in [3.05, 3.63) is 12.2 Å². The van der Waals surface area contributed by atoms with Gasteiger partial charge in [-0.3, -0.25) is 0 Å². The van der Waals surface area contributed by atoms with Gasteiger partial charge in [0.25, 0.3) is 0 Å². The van der Waals surface area contributed by atoms with E-state index in [1.807, 2.05) is 0 Å². The molecule has 0 amide bonds. The zero-order chi connectivity index (χ0) is 10.8. The zero-order valence-corrected chi connectivity index (χ0v) is 9.56. The highest BCUT2D eigenvalue weighted by Crippen LogP contribution is 2.47. The van der Waals surface area contributed by atoms with Crippen molar-refractivity contribution in [2.24, 2.45) is 17.8 Å². The second-order valence-electron chi connectivity index (χ2n) is 5.22. The van der Waals surface area contributed by atoms with Gasteiger partial charge in [0, 0.05) is 13.0 Å². The van der Waals surface area contributed by atoms with Crippen LogP contribution in [0.1, 0.15) is 31.6 Å². The van der Waals surface area contributed by atoms with Crippen LogP contribution in [0.15, 0.2) is 10.9 Å². The minimum Gasteiger partial charge on any atom is -0.340 e. The van der Waals surface area contributed by atoms with Crippen LogP contribution in [-0.4, -0.2) is 23.2 Å². The molecule has 1 heterocycles. The van der Waals surface area contributed by atoms with Crippen LogP contribution in [0.4, 0.5) is 0 Å². The molecule has 0 spiro atoms. The molecule has 3 unspecified atom stereocenters. The Morgan fingerprint density at radius 2 is 2.38 bits per heavy atom. The first-order valence-electron chi connectivity index (χ1n) is 6.38. The number of hydrogen-bond donors (Lipinski definition) is 1. The molecule has 3 rings (SSSR count). The molecule has 0 aromatic carbocycles. The van der Waals surface area contributed by atoms with Gasteiger partial charge >= 0.3 is 0 Å². The lowest BCUT2D eigenvalue weighted by Gasteiger charge is -2.21. The molecule has 88 valence electrons. The highest BCUT2D eigenvalue weighted by Gasteiger charge is 2.38. The van der Waals surface area contributed by atoms with Crippen molar-refractivity contribution in [2.75, 3.05) is 13.1 Å². The first-order valence-corrected chi connectivity index (χ1v) is 6.38. The maximum absolute atomic E-state index is 4.95. The number of fused-ring (bicyclic) bond motifs is 2. The number of nitrogens with one attached hydrogen (secondary N) is 1. The van der Waals surface area contributed by atoms with Crippen LogP contribution in [0.3, 0.4) is 0 Å². The van der Waals surface area contributed by atoms with Crippen LogP contribution < -0.4 is 5.32 Å². The Bertz CT molecular complexity index is 325. The number of nitrogens with zero attached hydrogens (tertiary/aromatic N) is 2. The molecule has 4 heteroatoms. The van der Waals surface area contributed by atoms with E-state index in [2.05, 4.69) is 15.5 Å². The fraction of sp³-hybridized carbons (Fsp3) is 0.833. The second-order valence-corrected chi connectivity index (χ2v) is 5.22. The number of aromatic nitrogens is 2. The maximum atomic E-state index is 4.95. The Kier molecular flexibility index (Phi) is 2.91. The summed E-state index contributed by atoms with van der Waals surface area (Å²) in [5, 5.41) is 7.12. The molecule has 1 N–H and O–H groups in total. The van der Waals surface area contributed by atoms with E-state index < -0.39 is 0 Å². The summed E-state index contributed by atoms with van der Waals surface area (Å²) < 4.78 is 4.95. The average molecular weight is 221 g/mol. The normalized spacial score (nSPS) is 32.4. The fourth-order valence-electron chi connectivity index (χ4n) is 3.42. The van der Waals surface area contributed by atoms with E-state index in [-0.39, 0.29) is 0 Å². The quantitative estimate of drug-likeness (QED) is 0.768. The standard InChI is InChI=1S/C12H19N3O/c1-2-10-5-9(1)6-11(10)7-13-4-3-12-14-8-15-16-12/h8-11,13H,1-7H2. The van der Waals surface area contributed by atoms with E-state index in [9.17, 15) is 0 Å². The van der Waals surface area contributed by atoms with Gasteiger partial charge in [0.05, 0.1) is 0 Å². The molecule has 0 aliphatic heterocycles. The van der Waals surface area contributed by atoms with Gasteiger partial charge in [-0.25, -0.2) is 0 Å². The van der Waals surface area contributed by atoms with Gasteiger partial charge in [-0.05, 0) is 43.6 Å². The topological polar surface area (TPSA) is 51.0 Å². The third-order valence-corrected chi connectivity index (χ3v) is 4.21. The van der Waals surface area contributed by atoms with Crippen LogP contribution in [0.5, 0.6) is 0 Å². The zero-order valence-electron chi connectivity index (χ0n) is 9.56. The third kappa shape index (κ3) is 2.12. The Morgan fingerprint density at radius 3 is 3.06 bits per heavy atom. The highest BCUT2D eigenvalue weighted by atomic mass is 16.5. The molecule has 0 saturated heterocycles. The van der Waals surface area contributed by atoms with Gasteiger partial charge < -0.3 is 9.84 Å².